The van der Waals surface area contributed by atoms with E-state index in [1.54, 1.807) is 25.0 Å². The molecule has 4 heterocycles. The molecule has 1 fully saturated rings. The smallest absolute Gasteiger partial charge is 0.328 e. The molecule has 182 valence electrons. The zero-order valence-corrected chi connectivity index (χ0v) is 20.8. The number of carbonyl (C=O) groups excluding carboxylic acids is 2. The molecule has 2 aliphatic heterocycles. The van der Waals surface area contributed by atoms with Gasteiger partial charge in [-0.25, -0.2) is 14.8 Å². The quantitative estimate of drug-likeness (QED) is 0.433. The second kappa shape index (κ2) is 8.60. The first kappa shape index (κ1) is 22.5. The summed E-state index contributed by atoms with van der Waals surface area (Å²) in [5, 5.41) is 3.45. The average molecular weight is 500 g/mol. The summed E-state index contributed by atoms with van der Waals surface area (Å²) in [6, 6.07) is 19.8. The molecule has 1 N–H and O–H groups in total. The summed E-state index contributed by atoms with van der Waals surface area (Å²) in [7, 11) is 1.57. The Labute approximate surface area is 212 Å². The summed E-state index contributed by atoms with van der Waals surface area (Å²) in [6.07, 6.45) is 0.812. The standard InChI is InChI=1S/C27H25N5O3S/c1-17(33)31-13-12-27(15-31)16-32(22-10-8-19(14-20(22)27)18-6-4-3-5-7-18)26(34)30-25-28-21-9-11-23(35-2)29-24(21)36-25/h3-11,14H,12-13,15-16H2,1-2H3,(H,28,30,34). The number of hydrogen-bond donors (Lipinski definition) is 1. The fourth-order valence-corrected chi connectivity index (χ4v) is 6.10. The molecule has 9 heteroatoms. The summed E-state index contributed by atoms with van der Waals surface area (Å²) >= 11 is 1.31. The Balaban J connectivity index is 1.34. The lowest BCUT2D eigenvalue weighted by molar-refractivity contribution is -0.127. The van der Waals surface area contributed by atoms with E-state index in [2.05, 4.69) is 39.6 Å². The summed E-state index contributed by atoms with van der Waals surface area (Å²) in [6.45, 7) is 3.40. The maximum absolute atomic E-state index is 13.5. The van der Waals surface area contributed by atoms with Crippen molar-refractivity contribution in [3.8, 4) is 17.0 Å². The highest BCUT2D eigenvalue weighted by atomic mass is 32.1. The van der Waals surface area contributed by atoms with Gasteiger partial charge in [-0.05, 0) is 41.3 Å². The van der Waals surface area contributed by atoms with Gasteiger partial charge in [0.1, 0.15) is 10.3 Å². The number of thiazole rings is 1. The first-order valence-corrected chi connectivity index (χ1v) is 12.6. The van der Waals surface area contributed by atoms with Crippen LogP contribution in [0.3, 0.4) is 0 Å². The molecule has 36 heavy (non-hydrogen) atoms. The number of anilines is 2. The third-order valence-electron chi connectivity index (χ3n) is 7.12. The molecule has 4 aromatic rings. The number of ether oxygens (including phenoxy) is 1. The minimum absolute atomic E-state index is 0.0629. The number of hydrogen-bond acceptors (Lipinski definition) is 6. The molecule has 0 radical (unpaired) electrons. The molecule has 1 atom stereocenters. The van der Waals surface area contributed by atoms with Gasteiger partial charge in [0.05, 0.1) is 7.11 Å². The highest BCUT2D eigenvalue weighted by molar-refractivity contribution is 7.22. The van der Waals surface area contributed by atoms with Gasteiger partial charge < -0.3 is 9.64 Å². The number of pyridine rings is 1. The highest BCUT2D eigenvalue weighted by Gasteiger charge is 2.49. The largest absolute Gasteiger partial charge is 0.481 e. The fourth-order valence-electron chi connectivity index (χ4n) is 5.28. The first-order chi connectivity index (χ1) is 17.5. The number of likely N-dealkylation sites (tertiary alicyclic amines) is 1. The van der Waals surface area contributed by atoms with Crippen LogP contribution in [0, 0.1) is 0 Å². The van der Waals surface area contributed by atoms with Crippen molar-refractivity contribution in [3.05, 3.63) is 66.2 Å². The number of fused-ring (bicyclic) bond motifs is 3. The van der Waals surface area contributed by atoms with E-state index < -0.39 is 0 Å². The minimum Gasteiger partial charge on any atom is -0.481 e. The molecular weight excluding hydrogens is 474 g/mol. The van der Waals surface area contributed by atoms with Crippen LogP contribution in [0.2, 0.25) is 0 Å². The predicted octanol–water partition coefficient (Wildman–Crippen LogP) is 4.91. The molecule has 1 spiro atoms. The highest BCUT2D eigenvalue weighted by Crippen LogP contribution is 2.48. The van der Waals surface area contributed by atoms with Crippen LogP contribution in [0.5, 0.6) is 5.88 Å². The number of methoxy groups -OCH3 is 1. The van der Waals surface area contributed by atoms with Crippen molar-refractivity contribution in [2.45, 2.75) is 18.8 Å². The molecule has 6 rings (SSSR count). The van der Waals surface area contributed by atoms with E-state index in [0.717, 1.165) is 28.8 Å². The number of benzene rings is 2. The summed E-state index contributed by atoms with van der Waals surface area (Å²) in [5.74, 6) is 0.567. The lowest BCUT2D eigenvalue weighted by atomic mass is 9.80. The lowest BCUT2D eigenvalue weighted by Gasteiger charge is -2.25. The topological polar surface area (TPSA) is 87.7 Å². The van der Waals surface area contributed by atoms with Crippen molar-refractivity contribution in [3.63, 3.8) is 0 Å². The molecule has 2 aromatic heterocycles. The second-order valence-electron chi connectivity index (χ2n) is 9.28. The molecular formula is C27H25N5O3S. The van der Waals surface area contributed by atoms with Gasteiger partial charge in [0.15, 0.2) is 5.13 Å². The van der Waals surface area contributed by atoms with Crippen LogP contribution < -0.4 is 15.0 Å². The first-order valence-electron chi connectivity index (χ1n) is 11.8. The van der Waals surface area contributed by atoms with Crippen LogP contribution in [0.4, 0.5) is 15.6 Å². The molecule has 2 aliphatic rings. The van der Waals surface area contributed by atoms with Crippen LogP contribution in [0.25, 0.3) is 21.5 Å². The number of rotatable bonds is 3. The van der Waals surface area contributed by atoms with Gasteiger partial charge in [-0.1, -0.05) is 47.7 Å². The Morgan fingerprint density at radius 2 is 1.86 bits per heavy atom. The summed E-state index contributed by atoms with van der Waals surface area (Å²) in [4.78, 5) is 39.0. The molecule has 0 bridgehead atoms. The van der Waals surface area contributed by atoms with Crippen LogP contribution in [0.15, 0.2) is 60.7 Å². The van der Waals surface area contributed by atoms with Crippen molar-refractivity contribution >= 4 is 44.4 Å². The average Bonchev–Trinajstić information content (AvgIpc) is 3.60. The van der Waals surface area contributed by atoms with Gasteiger partial charge in [-0.3, -0.25) is 15.0 Å². The lowest BCUT2D eigenvalue weighted by Crippen LogP contribution is -2.41. The van der Waals surface area contributed by atoms with Crippen LogP contribution in [0.1, 0.15) is 18.9 Å². The van der Waals surface area contributed by atoms with Gasteiger partial charge in [-0.15, -0.1) is 0 Å². The Hall–Kier alpha value is -3.98. The second-order valence-corrected chi connectivity index (χ2v) is 10.3. The van der Waals surface area contributed by atoms with E-state index in [-0.39, 0.29) is 17.4 Å². The minimum atomic E-state index is -0.300. The third kappa shape index (κ3) is 3.76. The fraction of sp³-hybridized carbons (Fsp3) is 0.259. The Kier molecular flexibility index (Phi) is 5.37. The van der Waals surface area contributed by atoms with Crippen LogP contribution >= 0.6 is 11.3 Å². The number of carbonyl (C=O) groups is 2. The normalized spacial score (nSPS) is 18.6. The van der Waals surface area contributed by atoms with Crippen molar-refractivity contribution in [1.29, 1.82) is 0 Å². The molecule has 0 saturated carbocycles. The summed E-state index contributed by atoms with van der Waals surface area (Å²) in [5.41, 5.74) is 4.61. The van der Waals surface area contributed by atoms with Crippen molar-refractivity contribution in [1.82, 2.24) is 14.9 Å². The van der Waals surface area contributed by atoms with Crippen LogP contribution in [-0.2, 0) is 10.2 Å². The number of aromatic nitrogens is 2. The van der Waals surface area contributed by atoms with Gasteiger partial charge in [0, 0.05) is 43.7 Å². The van der Waals surface area contributed by atoms with Gasteiger partial charge in [0.2, 0.25) is 11.8 Å². The van der Waals surface area contributed by atoms with E-state index >= 15 is 0 Å². The molecule has 1 unspecified atom stereocenters. The van der Waals surface area contributed by atoms with Crippen molar-refractivity contribution in [2.75, 3.05) is 37.0 Å². The molecule has 3 amide bonds. The molecule has 2 aromatic carbocycles. The van der Waals surface area contributed by atoms with Gasteiger partial charge >= 0.3 is 6.03 Å². The summed E-state index contributed by atoms with van der Waals surface area (Å²) < 4.78 is 5.20. The third-order valence-corrected chi connectivity index (χ3v) is 8.00. The number of nitrogens with one attached hydrogen (secondary N) is 1. The zero-order chi connectivity index (χ0) is 24.9. The zero-order valence-electron chi connectivity index (χ0n) is 20.0. The van der Waals surface area contributed by atoms with E-state index in [0.29, 0.717) is 41.0 Å². The van der Waals surface area contributed by atoms with Crippen molar-refractivity contribution in [2.24, 2.45) is 0 Å². The molecule has 8 nitrogen and oxygen atoms in total. The van der Waals surface area contributed by atoms with Gasteiger partial charge in [-0.2, -0.15) is 0 Å². The van der Waals surface area contributed by atoms with Crippen molar-refractivity contribution < 1.29 is 14.3 Å². The molecule has 0 aliphatic carbocycles. The van der Waals surface area contributed by atoms with E-state index in [1.807, 2.05) is 35.2 Å². The van der Waals surface area contributed by atoms with Crippen LogP contribution in [-0.4, -0.2) is 53.6 Å². The number of urea groups is 1. The van der Waals surface area contributed by atoms with E-state index in [9.17, 15) is 9.59 Å². The maximum atomic E-state index is 13.5. The Morgan fingerprint density at radius 1 is 1.03 bits per heavy atom. The number of nitrogens with zero attached hydrogens (tertiary/aromatic N) is 4. The monoisotopic (exact) mass is 499 g/mol. The predicted molar refractivity (Wildman–Crippen MR) is 141 cm³/mol. The SMILES string of the molecule is COc1ccc2nc(NC(=O)N3CC4(CCN(C(C)=O)C4)c4cc(-c5ccccc5)ccc43)sc2n1. The Bertz CT molecular complexity index is 1490. The Morgan fingerprint density at radius 3 is 2.61 bits per heavy atom. The van der Waals surface area contributed by atoms with E-state index in [4.69, 9.17) is 4.74 Å². The number of amides is 3. The molecule has 1 saturated heterocycles. The van der Waals surface area contributed by atoms with Gasteiger partial charge in [0.25, 0.3) is 0 Å². The van der Waals surface area contributed by atoms with E-state index in [1.165, 1.54) is 11.3 Å². The maximum Gasteiger partial charge on any atom is 0.328 e.